The Balaban J connectivity index is 2.74. The van der Waals surface area contributed by atoms with E-state index in [9.17, 15) is 5.26 Å². The van der Waals surface area contributed by atoms with E-state index >= 15 is 0 Å². The summed E-state index contributed by atoms with van der Waals surface area (Å²) in [6, 6.07) is 6.17. The molecule has 1 unspecified atom stereocenters. The summed E-state index contributed by atoms with van der Waals surface area (Å²) in [5, 5.41) is 14.4. The van der Waals surface area contributed by atoms with Gasteiger partial charge in [-0.05, 0) is 53.6 Å². The Labute approximate surface area is 114 Å². The molecule has 0 saturated heterocycles. The predicted molar refractivity (Wildman–Crippen MR) is 80.5 cm³/mol. The van der Waals surface area contributed by atoms with Crippen molar-refractivity contribution >= 4 is 45.0 Å². The largest absolute Gasteiger partial charge is 0.398 e. The number of aromatic nitrogens is 2. The van der Waals surface area contributed by atoms with Crippen molar-refractivity contribution in [3.8, 4) is 6.07 Å². The second-order valence-electron chi connectivity index (χ2n) is 4.38. The number of fused-ring (bicyclic) bond motifs is 1. The van der Waals surface area contributed by atoms with Crippen LogP contribution in [0.15, 0.2) is 18.3 Å². The lowest BCUT2D eigenvalue weighted by Gasteiger charge is -2.16. The molecule has 4 nitrogen and oxygen atoms in total. The third kappa shape index (κ3) is 2.12. The second kappa shape index (κ2) is 4.43. The van der Waals surface area contributed by atoms with Gasteiger partial charge in [0.2, 0.25) is 0 Å². The van der Waals surface area contributed by atoms with Crippen LogP contribution in [0, 0.1) is 11.3 Å². The van der Waals surface area contributed by atoms with Crippen LogP contribution in [-0.2, 0) is 5.41 Å². The molecule has 0 saturated carbocycles. The highest BCUT2D eigenvalue weighted by molar-refractivity contribution is 14.2. The summed E-state index contributed by atoms with van der Waals surface area (Å²) >= 11 is 2.27. The Hall–Kier alpha value is -0.860. The summed E-state index contributed by atoms with van der Waals surface area (Å²) in [6.07, 6.45) is 2.30. The number of hydrogen-bond acceptors (Lipinski definition) is 3. The van der Waals surface area contributed by atoms with Crippen LogP contribution < -0.4 is 5.73 Å². The monoisotopic (exact) mass is 358 g/mol. The number of benzene rings is 1. The van der Waals surface area contributed by atoms with Gasteiger partial charge in [-0.1, -0.05) is 0 Å². The molecule has 6 heteroatoms. The molecular formula is C11H12IN4P. The van der Waals surface area contributed by atoms with Gasteiger partial charge in [0.1, 0.15) is 0 Å². The van der Waals surface area contributed by atoms with Crippen LogP contribution >= 0.6 is 28.4 Å². The molecular weight excluding hydrogens is 346 g/mol. The molecule has 1 atom stereocenters. The summed E-state index contributed by atoms with van der Waals surface area (Å²) in [6.45, 7) is 3.78. The fraction of sp³-hybridized carbons (Fsp3) is 0.273. The lowest BCUT2D eigenvalue weighted by atomic mass is 9.85. The van der Waals surface area contributed by atoms with E-state index in [-0.39, 0.29) is 0 Å². The van der Waals surface area contributed by atoms with E-state index in [4.69, 9.17) is 5.73 Å². The normalized spacial score (nSPS) is 12.4. The first-order chi connectivity index (χ1) is 7.99. The van der Waals surface area contributed by atoms with Crippen LogP contribution in [-0.4, -0.2) is 9.55 Å². The van der Waals surface area contributed by atoms with Crippen molar-refractivity contribution in [2.24, 2.45) is 0 Å². The number of nitrogens with two attached hydrogens (primary N) is 1. The number of anilines is 1. The van der Waals surface area contributed by atoms with Gasteiger partial charge in [0, 0.05) is 11.1 Å². The first-order valence-corrected chi connectivity index (χ1v) is 9.11. The Bertz CT molecular complexity index is 612. The zero-order valence-corrected chi connectivity index (χ0v) is 12.7. The van der Waals surface area contributed by atoms with Crippen LogP contribution in [0.5, 0.6) is 0 Å². The van der Waals surface area contributed by atoms with Gasteiger partial charge in [0.25, 0.3) is 0 Å². The standard InChI is InChI=1S/C11H12IN4P/c1-11(2,6-13)7-3-9(14)8-5-15-16(17-12)10(8)4-7/h3-5,17H,14H2,1-2H3. The van der Waals surface area contributed by atoms with E-state index in [0.717, 1.165) is 16.5 Å². The molecule has 1 aromatic carbocycles. The van der Waals surface area contributed by atoms with Gasteiger partial charge >= 0.3 is 0 Å². The van der Waals surface area contributed by atoms with Crippen LogP contribution in [0.2, 0.25) is 0 Å². The zero-order chi connectivity index (χ0) is 12.6. The molecule has 0 aliphatic heterocycles. The summed E-state index contributed by atoms with van der Waals surface area (Å²) in [4.78, 5) is 0. The molecule has 0 bridgehead atoms. The van der Waals surface area contributed by atoms with Crippen molar-refractivity contribution in [3.05, 3.63) is 23.9 Å². The van der Waals surface area contributed by atoms with Gasteiger partial charge in [-0.3, -0.25) is 0 Å². The highest BCUT2D eigenvalue weighted by Gasteiger charge is 2.21. The average Bonchev–Trinajstić information content (AvgIpc) is 2.72. The SMILES string of the molecule is CC(C)(C#N)c1cc(N)c2cnn(PI)c2c1. The highest BCUT2D eigenvalue weighted by atomic mass is 127. The molecule has 17 heavy (non-hydrogen) atoms. The lowest BCUT2D eigenvalue weighted by molar-refractivity contribution is 0.688. The van der Waals surface area contributed by atoms with Gasteiger partial charge in [-0.25, -0.2) is 4.45 Å². The van der Waals surface area contributed by atoms with Gasteiger partial charge in [0.05, 0.1) is 29.6 Å². The number of nitrogens with zero attached hydrogens (tertiary/aromatic N) is 3. The Morgan fingerprint density at radius 3 is 2.82 bits per heavy atom. The number of rotatable bonds is 2. The van der Waals surface area contributed by atoms with Gasteiger partial charge in [-0.2, -0.15) is 10.4 Å². The van der Waals surface area contributed by atoms with Crippen molar-refractivity contribution < 1.29 is 0 Å². The maximum absolute atomic E-state index is 9.17. The van der Waals surface area contributed by atoms with E-state index in [1.807, 2.05) is 30.4 Å². The summed E-state index contributed by atoms with van der Waals surface area (Å²) in [7, 11) is 0. The molecule has 1 heterocycles. The third-order valence-electron chi connectivity index (χ3n) is 2.80. The van der Waals surface area contributed by atoms with Gasteiger partial charge in [-0.15, -0.1) is 0 Å². The van der Waals surface area contributed by atoms with E-state index in [2.05, 4.69) is 33.2 Å². The van der Waals surface area contributed by atoms with Crippen LogP contribution in [0.25, 0.3) is 10.9 Å². The number of nitrogen functional groups attached to an aromatic ring is 1. The number of halogens is 1. The van der Waals surface area contributed by atoms with E-state index in [1.165, 1.54) is 0 Å². The molecule has 2 N–H and O–H groups in total. The van der Waals surface area contributed by atoms with Crippen molar-refractivity contribution in [2.75, 3.05) is 5.73 Å². The molecule has 2 aromatic rings. The molecule has 1 aromatic heterocycles. The summed E-state index contributed by atoms with van der Waals surface area (Å²) < 4.78 is 1.91. The molecule has 0 amide bonds. The zero-order valence-electron chi connectivity index (χ0n) is 9.53. The molecule has 88 valence electrons. The minimum Gasteiger partial charge on any atom is -0.398 e. The molecule has 0 radical (unpaired) electrons. The smallest absolute Gasteiger partial charge is 0.0767 e. The highest BCUT2D eigenvalue weighted by Crippen LogP contribution is 2.34. The third-order valence-corrected chi connectivity index (χ3v) is 4.69. The fourth-order valence-corrected chi connectivity index (χ4v) is 3.18. The van der Waals surface area contributed by atoms with E-state index < -0.39 is 5.41 Å². The van der Waals surface area contributed by atoms with E-state index in [1.54, 1.807) is 6.20 Å². The van der Waals surface area contributed by atoms with Gasteiger partial charge < -0.3 is 5.73 Å². The Morgan fingerprint density at radius 1 is 1.53 bits per heavy atom. The van der Waals surface area contributed by atoms with Crippen molar-refractivity contribution in [3.63, 3.8) is 0 Å². The summed E-state index contributed by atoms with van der Waals surface area (Å²) in [5.74, 6) is 0. The van der Waals surface area contributed by atoms with Crippen molar-refractivity contribution in [2.45, 2.75) is 19.3 Å². The number of nitriles is 1. The maximum Gasteiger partial charge on any atom is 0.0767 e. The minimum atomic E-state index is -0.536. The summed E-state index contributed by atoms with van der Waals surface area (Å²) in [5.41, 5.74) is 8.09. The predicted octanol–water partition coefficient (Wildman–Crippen LogP) is 3.21. The fourth-order valence-electron chi connectivity index (χ4n) is 1.65. The van der Waals surface area contributed by atoms with Crippen LogP contribution in [0.3, 0.4) is 0 Å². The molecule has 0 aliphatic carbocycles. The minimum absolute atomic E-state index is 0.522. The second-order valence-corrected chi connectivity index (χ2v) is 6.42. The van der Waals surface area contributed by atoms with Gasteiger partial charge in [0.15, 0.2) is 0 Å². The first kappa shape index (κ1) is 12.6. The Kier molecular flexibility index (Phi) is 3.28. The van der Waals surface area contributed by atoms with Crippen molar-refractivity contribution in [1.29, 1.82) is 5.26 Å². The molecule has 0 fully saturated rings. The Morgan fingerprint density at radius 2 is 2.24 bits per heavy atom. The molecule has 2 rings (SSSR count). The lowest BCUT2D eigenvalue weighted by Crippen LogP contribution is -2.14. The molecule has 0 spiro atoms. The van der Waals surface area contributed by atoms with E-state index in [0.29, 0.717) is 12.1 Å². The first-order valence-electron chi connectivity index (χ1n) is 5.05. The van der Waals surface area contributed by atoms with Crippen LogP contribution in [0.1, 0.15) is 19.4 Å². The van der Waals surface area contributed by atoms with Crippen molar-refractivity contribution in [1.82, 2.24) is 9.55 Å². The maximum atomic E-state index is 9.17. The quantitative estimate of drug-likeness (QED) is 0.509. The average molecular weight is 358 g/mol. The number of hydrogen-bond donors (Lipinski definition) is 1. The topological polar surface area (TPSA) is 67.6 Å². The van der Waals surface area contributed by atoms with Crippen LogP contribution in [0.4, 0.5) is 5.69 Å². The molecule has 0 aliphatic rings.